The Labute approximate surface area is 130 Å². The molecule has 0 saturated heterocycles. The third kappa shape index (κ3) is 6.79. The van der Waals surface area contributed by atoms with Gasteiger partial charge in [-0.25, -0.2) is 17.9 Å². The van der Waals surface area contributed by atoms with Gasteiger partial charge in [0.1, 0.15) is 0 Å². The molecule has 1 unspecified atom stereocenters. The molecule has 21 heavy (non-hydrogen) atoms. The quantitative estimate of drug-likeness (QED) is 0.502. The molecule has 0 fully saturated rings. The predicted molar refractivity (Wildman–Crippen MR) is 84.9 cm³/mol. The zero-order valence-electron chi connectivity index (χ0n) is 11.8. The highest BCUT2D eigenvalue weighted by molar-refractivity contribution is 7.89. The summed E-state index contributed by atoms with van der Waals surface area (Å²) < 4.78 is 26.4. The van der Waals surface area contributed by atoms with Gasteiger partial charge in [0.25, 0.3) is 0 Å². The molecule has 0 heterocycles. The fourth-order valence-corrected chi connectivity index (χ4v) is 3.35. The van der Waals surface area contributed by atoms with E-state index in [-0.39, 0.29) is 11.8 Å². The average Bonchev–Trinajstić information content (AvgIpc) is 2.38. The van der Waals surface area contributed by atoms with Crippen LogP contribution in [0.3, 0.4) is 0 Å². The SMILES string of the molecule is CC(NS(=O)(=O)CCCCCl)c1ccc(NC(N)=O)cc1. The molecule has 1 aromatic carbocycles. The number of nitrogens with two attached hydrogens (primary N) is 1. The van der Waals surface area contributed by atoms with Crippen LogP contribution >= 0.6 is 11.6 Å². The second-order valence-corrected chi connectivity index (χ2v) is 6.92. The van der Waals surface area contributed by atoms with Gasteiger partial charge in [-0.1, -0.05) is 12.1 Å². The largest absolute Gasteiger partial charge is 0.351 e. The van der Waals surface area contributed by atoms with E-state index in [0.29, 0.717) is 24.4 Å². The smallest absolute Gasteiger partial charge is 0.316 e. The topological polar surface area (TPSA) is 101 Å². The number of sulfonamides is 1. The molecule has 0 aliphatic heterocycles. The minimum absolute atomic E-state index is 0.0609. The van der Waals surface area contributed by atoms with Crippen molar-refractivity contribution in [1.82, 2.24) is 4.72 Å². The molecule has 0 radical (unpaired) electrons. The first-order chi connectivity index (χ1) is 9.84. The summed E-state index contributed by atoms with van der Waals surface area (Å²) in [5.41, 5.74) is 6.37. The Morgan fingerprint density at radius 1 is 1.29 bits per heavy atom. The number of hydrogen-bond donors (Lipinski definition) is 3. The van der Waals surface area contributed by atoms with E-state index in [0.717, 1.165) is 5.56 Å². The van der Waals surface area contributed by atoms with E-state index in [1.807, 2.05) is 0 Å². The Hall–Kier alpha value is -1.31. The van der Waals surface area contributed by atoms with Crippen molar-refractivity contribution >= 4 is 33.3 Å². The molecule has 6 nitrogen and oxygen atoms in total. The summed E-state index contributed by atoms with van der Waals surface area (Å²) in [4.78, 5) is 10.7. The van der Waals surface area contributed by atoms with E-state index >= 15 is 0 Å². The lowest BCUT2D eigenvalue weighted by molar-refractivity contribution is 0.259. The number of rotatable bonds is 8. The number of unbranched alkanes of at least 4 members (excludes halogenated alkanes) is 1. The van der Waals surface area contributed by atoms with Crippen molar-refractivity contribution in [3.63, 3.8) is 0 Å². The summed E-state index contributed by atoms with van der Waals surface area (Å²) in [6.07, 6.45) is 1.21. The van der Waals surface area contributed by atoms with Gasteiger partial charge in [0, 0.05) is 17.6 Å². The van der Waals surface area contributed by atoms with E-state index in [9.17, 15) is 13.2 Å². The van der Waals surface area contributed by atoms with Crippen LogP contribution in [0.5, 0.6) is 0 Å². The zero-order chi connectivity index (χ0) is 15.9. The second-order valence-electron chi connectivity index (χ2n) is 4.67. The van der Waals surface area contributed by atoms with Crippen LogP contribution in [-0.4, -0.2) is 26.1 Å². The lowest BCUT2D eigenvalue weighted by Crippen LogP contribution is -2.29. The van der Waals surface area contributed by atoms with E-state index in [2.05, 4.69) is 10.0 Å². The van der Waals surface area contributed by atoms with Crippen LogP contribution in [0, 0.1) is 0 Å². The van der Waals surface area contributed by atoms with Crippen LogP contribution in [0.2, 0.25) is 0 Å². The maximum atomic E-state index is 11.9. The highest BCUT2D eigenvalue weighted by Gasteiger charge is 2.15. The van der Waals surface area contributed by atoms with Gasteiger partial charge >= 0.3 is 6.03 Å². The number of hydrogen-bond acceptors (Lipinski definition) is 3. The van der Waals surface area contributed by atoms with Crippen molar-refractivity contribution in [3.05, 3.63) is 29.8 Å². The maximum Gasteiger partial charge on any atom is 0.316 e. The maximum absolute atomic E-state index is 11.9. The Bertz CT molecular complexity index is 561. The molecule has 8 heteroatoms. The van der Waals surface area contributed by atoms with Gasteiger partial charge in [0.05, 0.1) is 5.75 Å². The van der Waals surface area contributed by atoms with Crippen LogP contribution in [-0.2, 0) is 10.0 Å². The molecule has 0 aromatic heterocycles. The van der Waals surface area contributed by atoms with Crippen molar-refractivity contribution in [2.45, 2.75) is 25.8 Å². The standard InChI is InChI=1S/C13H20ClN3O3S/c1-10(17-21(19,20)9-3-2-8-14)11-4-6-12(7-5-11)16-13(15)18/h4-7,10,17H,2-3,8-9H2,1H3,(H3,15,16,18). The third-order valence-electron chi connectivity index (χ3n) is 2.83. The van der Waals surface area contributed by atoms with Gasteiger partial charge in [-0.05, 0) is 37.5 Å². The van der Waals surface area contributed by atoms with Crippen molar-refractivity contribution in [3.8, 4) is 0 Å². The molecule has 4 N–H and O–H groups in total. The molecule has 1 aromatic rings. The first-order valence-electron chi connectivity index (χ1n) is 6.56. The lowest BCUT2D eigenvalue weighted by Gasteiger charge is -2.15. The Morgan fingerprint density at radius 3 is 2.43 bits per heavy atom. The third-order valence-corrected chi connectivity index (χ3v) is 4.64. The summed E-state index contributed by atoms with van der Waals surface area (Å²) in [5, 5.41) is 2.44. The number of halogens is 1. The number of carbonyl (C=O) groups excluding carboxylic acids is 1. The summed E-state index contributed by atoms with van der Waals surface area (Å²) in [5.74, 6) is 0.519. The summed E-state index contributed by atoms with van der Waals surface area (Å²) in [6, 6.07) is 5.80. The lowest BCUT2D eigenvalue weighted by atomic mass is 10.1. The first-order valence-corrected chi connectivity index (χ1v) is 8.75. The van der Waals surface area contributed by atoms with Crippen LogP contribution in [0.25, 0.3) is 0 Å². The van der Waals surface area contributed by atoms with Crippen LogP contribution in [0.1, 0.15) is 31.4 Å². The Balaban J connectivity index is 2.62. The highest BCUT2D eigenvalue weighted by atomic mass is 35.5. The molecule has 0 aliphatic rings. The van der Waals surface area contributed by atoms with Crippen molar-refractivity contribution in [1.29, 1.82) is 0 Å². The predicted octanol–water partition coefficient (Wildman–Crippen LogP) is 2.18. The summed E-state index contributed by atoms with van der Waals surface area (Å²) in [7, 11) is -3.33. The monoisotopic (exact) mass is 333 g/mol. The fraction of sp³-hybridized carbons (Fsp3) is 0.462. The average molecular weight is 334 g/mol. The molecular formula is C13H20ClN3O3S. The number of primary amides is 1. The van der Waals surface area contributed by atoms with Crippen molar-refractivity contribution in [2.75, 3.05) is 16.9 Å². The van der Waals surface area contributed by atoms with Gasteiger partial charge in [-0.2, -0.15) is 0 Å². The number of urea groups is 1. The number of carbonyl (C=O) groups is 1. The molecule has 1 rings (SSSR count). The molecule has 0 saturated carbocycles. The Morgan fingerprint density at radius 2 is 1.90 bits per heavy atom. The zero-order valence-corrected chi connectivity index (χ0v) is 13.4. The van der Waals surface area contributed by atoms with Crippen LogP contribution < -0.4 is 15.8 Å². The van der Waals surface area contributed by atoms with Gasteiger partial charge < -0.3 is 11.1 Å². The highest BCUT2D eigenvalue weighted by Crippen LogP contribution is 2.17. The van der Waals surface area contributed by atoms with Crippen LogP contribution in [0.15, 0.2) is 24.3 Å². The van der Waals surface area contributed by atoms with E-state index < -0.39 is 16.1 Å². The van der Waals surface area contributed by atoms with E-state index in [1.54, 1.807) is 31.2 Å². The van der Waals surface area contributed by atoms with Crippen molar-refractivity contribution in [2.24, 2.45) is 5.73 Å². The molecule has 0 aliphatic carbocycles. The van der Waals surface area contributed by atoms with Gasteiger partial charge in [0.15, 0.2) is 0 Å². The van der Waals surface area contributed by atoms with E-state index in [4.69, 9.17) is 17.3 Å². The number of anilines is 1. The molecule has 1 atom stereocenters. The molecule has 0 spiro atoms. The van der Waals surface area contributed by atoms with E-state index in [1.165, 1.54) is 0 Å². The Kier molecular flexibility index (Phi) is 6.94. The number of amides is 2. The molecular weight excluding hydrogens is 314 g/mol. The minimum atomic E-state index is -3.33. The van der Waals surface area contributed by atoms with Gasteiger partial charge in [0.2, 0.25) is 10.0 Å². The first kappa shape index (κ1) is 17.7. The van der Waals surface area contributed by atoms with Crippen molar-refractivity contribution < 1.29 is 13.2 Å². The van der Waals surface area contributed by atoms with Gasteiger partial charge in [-0.15, -0.1) is 11.6 Å². The second kappa shape index (κ2) is 8.21. The number of alkyl halides is 1. The summed E-state index contributed by atoms with van der Waals surface area (Å²) in [6.45, 7) is 1.76. The fourth-order valence-electron chi connectivity index (χ4n) is 1.78. The number of nitrogens with one attached hydrogen (secondary N) is 2. The minimum Gasteiger partial charge on any atom is -0.351 e. The van der Waals surface area contributed by atoms with Gasteiger partial charge in [-0.3, -0.25) is 0 Å². The normalized spacial score (nSPS) is 12.9. The van der Waals surface area contributed by atoms with Crippen LogP contribution in [0.4, 0.5) is 10.5 Å². The number of benzene rings is 1. The molecule has 118 valence electrons. The molecule has 2 amide bonds. The summed E-state index contributed by atoms with van der Waals surface area (Å²) >= 11 is 5.53. The molecule has 0 bridgehead atoms.